The fraction of sp³-hybridized carbons (Fsp3) is 0.0588. The van der Waals surface area contributed by atoms with Gasteiger partial charge >= 0.3 is 5.97 Å². The molecule has 1 aliphatic heterocycles. The van der Waals surface area contributed by atoms with Gasteiger partial charge in [0.1, 0.15) is 16.6 Å². The maximum atomic E-state index is 12.4. The number of nitrogens with one attached hydrogen (secondary N) is 1. The summed E-state index contributed by atoms with van der Waals surface area (Å²) in [6, 6.07) is 9.12. The van der Waals surface area contributed by atoms with Gasteiger partial charge in [0.05, 0.1) is 16.7 Å². The lowest BCUT2D eigenvalue weighted by atomic mass is 10.2. The highest BCUT2D eigenvalue weighted by Crippen LogP contribution is 2.32. The lowest BCUT2D eigenvalue weighted by Gasteiger charge is -2.14. The van der Waals surface area contributed by atoms with Gasteiger partial charge in [-0.05, 0) is 36.4 Å². The van der Waals surface area contributed by atoms with E-state index in [4.69, 9.17) is 21.7 Å². The van der Waals surface area contributed by atoms with Crippen molar-refractivity contribution in [3.63, 3.8) is 0 Å². The third kappa shape index (κ3) is 4.01. The summed E-state index contributed by atoms with van der Waals surface area (Å²) in [5.41, 5.74) is 0.541. The molecule has 2 aromatic rings. The topological polar surface area (TPSA) is 99.9 Å². The monoisotopic (exact) mass is 388 g/mol. The van der Waals surface area contributed by atoms with Crippen LogP contribution in [-0.4, -0.2) is 38.7 Å². The summed E-state index contributed by atoms with van der Waals surface area (Å²) in [7, 11) is 0. The molecule has 9 heteroatoms. The van der Waals surface area contributed by atoms with Crippen molar-refractivity contribution in [2.24, 2.45) is 0 Å². The predicted molar refractivity (Wildman–Crippen MR) is 101 cm³/mol. The minimum absolute atomic E-state index is 0.114. The summed E-state index contributed by atoms with van der Waals surface area (Å²) in [6.45, 7) is -0.235. The summed E-state index contributed by atoms with van der Waals surface area (Å²) in [6.07, 6.45) is 3.07. The van der Waals surface area contributed by atoms with E-state index in [0.717, 1.165) is 11.8 Å². The Labute approximate surface area is 157 Å². The fourth-order valence-corrected chi connectivity index (χ4v) is 3.41. The van der Waals surface area contributed by atoms with Crippen LogP contribution in [0.5, 0.6) is 0 Å². The number of anilines is 1. The number of rotatable bonds is 5. The first-order valence-corrected chi connectivity index (χ1v) is 8.58. The van der Waals surface area contributed by atoms with Crippen LogP contribution in [0.1, 0.15) is 16.1 Å². The van der Waals surface area contributed by atoms with Gasteiger partial charge in [0.2, 0.25) is 5.91 Å². The number of hydrogen-bond donors (Lipinski definition) is 2. The normalized spacial score (nSPS) is 15.5. The Morgan fingerprint density at radius 2 is 2.00 bits per heavy atom. The number of carboxylic acids is 1. The van der Waals surface area contributed by atoms with Crippen LogP contribution in [0.3, 0.4) is 0 Å². The predicted octanol–water partition coefficient (Wildman–Crippen LogP) is 2.82. The maximum Gasteiger partial charge on any atom is 0.335 e. The zero-order chi connectivity index (χ0) is 18.7. The fourth-order valence-electron chi connectivity index (χ4n) is 2.18. The van der Waals surface area contributed by atoms with Gasteiger partial charge in [-0.15, -0.1) is 0 Å². The number of nitrogens with zero attached hydrogens (tertiary/aromatic N) is 1. The molecular weight excluding hydrogens is 376 g/mol. The molecule has 0 spiro atoms. The molecule has 0 radical (unpaired) electrons. The van der Waals surface area contributed by atoms with E-state index in [1.165, 1.54) is 35.4 Å². The number of amides is 2. The van der Waals surface area contributed by atoms with E-state index in [9.17, 15) is 14.4 Å². The molecule has 132 valence electrons. The molecule has 0 saturated carbocycles. The van der Waals surface area contributed by atoms with Crippen molar-refractivity contribution in [2.45, 2.75) is 0 Å². The second kappa shape index (κ2) is 7.54. The number of carboxylic acid groups (broad SMARTS) is 1. The van der Waals surface area contributed by atoms with Crippen LogP contribution < -0.4 is 5.32 Å². The van der Waals surface area contributed by atoms with Crippen LogP contribution >= 0.6 is 24.0 Å². The molecule has 0 aliphatic carbocycles. The lowest BCUT2D eigenvalue weighted by molar-refractivity contribution is -0.126. The van der Waals surface area contributed by atoms with Crippen LogP contribution in [0.25, 0.3) is 6.08 Å². The number of furan rings is 1. The molecule has 7 nitrogen and oxygen atoms in total. The number of thiocarbonyl (C=S) groups is 1. The second-order valence-electron chi connectivity index (χ2n) is 5.21. The molecule has 1 aliphatic rings. The van der Waals surface area contributed by atoms with E-state index in [0.29, 0.717) is 16.4 Å². The highest BCUT2D eigenvalue weighted by molar-refractivity contribution is 8.26. The Morgan fingerprint density at radius 3 is 2.62 bits per heavy atom. The highest BCUT2D eigenvalue weighted by Gasteiger charge is 2.33. The summed E-state index contributed by atoms with van der Waals surface area (Å²) < 4.78 is 5.46. The first-order chi connectivity index (χ1) is 12.4. The summed E-state index contributed by atoms with van der Waals surface area (Å²) in [4.78, 5) is 37.0. The second-order valence-corrected chi connectivity index (χ2v) is 6.89. The van der Waals surface area contributed by atoms with Crippen molar-refractivity contribution in [2.75, 3.05) is 11.9 Å². The molecule has 2 amide bonds. The molecule has 26 heavy (non-hydrogen) atoms. The molecule has 3 rings (SSSR count). The van der Waals surface area contributed by atoms with E-state index in [1.807, 2.05) is 0 Å². The van der Waals surface area contributed by atoms with Crippen molar-refractivity contribution in [1.82, 2.24) is 4.90 Å². The molecule has 1 fully saturated rings. The summed E-state index contributed by atoms with van der Waals surface area (Å²) in [5.74, 6) is -1.34. The number of benzene rings is 1. The van der Waals surface area contributed by atoms with Gasteiger partial charge in [0.15, 0.2) is 0 Å². The number of hydrogen-bond acceptors (Lipinski definition) is 6. The average molecular weight is 388 g/mol. The van der Waals surface area contributed by atoms with Crippen molar-refractivity contribution < 1.29 is 23.9 Å². The number of aromatic carboxylic acids is 1. The van der Waals surface area contributed by atoms with Gasteiger partial charge in [-0.1, -0.05) is 24.0 Å². The van der Waals surface area contributed by atoms with Crippen molar-refractivity contribution >= 4 is 57.8 Å². The largest absolute Gasteiger partial charge is 0.478 e. The molecule has 0 unspecified atom stereocenters. The minimum atomic E-state index is -1.05. The van der Waals surface area contributed by atoms with Crippen LogP contribution in [0, 0.1) is 0 Å². The SMILES string of the molecule is O=C(CN1C(=O)C(=Cc2ccco2)SC1=S)Nc1ccc(C(=O)O)cc1. The Balaban J connectivity index is 1.64. The number of thioether (sulfide) groups is 1. The van der Waals surface area contributed by atoms with Crippen molar-refractivity contribution in [3.8, 4) is 0 Å². The molecule has 0 atom stereocenters. The van der Waals surface area contributed by atoms with Gasteiger partial charge in [-0.2, -0.15) is 0 Å². The van der Waals surface area contributed by atoms with Gasteiger partial charge in [0, 0.05) is 11.8 Å². The Morgan fingerprint density at radius 1 is 1.27 bits per heavy atom. The van der Waals surface area contributed by atoms with Crippen LogP contribution in [0.4, 0.5) is 5.69 Å². The average Bonchev–Trinajstić information content (AvgIpc) is 3.20. The first-order valence-electron chi connectivity index (χ1n) is 7.36. The van der Waals surface area contributed by atoms with E-state index in [2.05, 4.69) is 5.32 Å². The van der Waals surface area contributed by atoms with Gasteiger partial charge in [-0.3, -0.25) is 14.5 Å². The zero-order valence-electron chi connectivity index (χ0n) is 13.2. The minimum Gasteiger partial charge on any atom is -0.478 e. The lowest BCUT2D eigenvalue weighted by Crippen LogP contribution is -2.36. The summed E-state index contributed by atoms with van der Waals surface area (Å²) in [5, 5.41) is 11.5. The quantitative estimate of drug-likeness (QED) is 0.600. The molecule has 1 aromatic carbocycles. The van der Waals surface area contributed by atoms with E-state index in [-0.39, 0.29) is 22.3 Å². The van der Waals surface area contributed by atoms with Crippen LogP contribution in [-0.2, 0) is 9.59 Å². The van der Waals surface area contributed by atoms with Gasteiger partial charge < -0.3 is 14.8 Å². The summed E-state index contributed by atoms with van der Waals surface area (Å²) >= 11 is 6.27. The molecule has 2 N–H and O–H groups in total. The van der Waals surface area contributed by atoms with Gasteiger partial charge in [0.25, 0.3) is 5.91 Å². The Kier molecular flexibility index (Phi) is 5.19. The molecule has 1 saturated heterocycles. The van der Waals surface area contributed by atoms with E-state index in [1.54, 1.807) is 18.2 Å². The maximum absolute atomic E-state index is 12.4. The smallest absolute Gasteiger partial charge is 0.335 e. The highest BCUT2D eigenvalue weighted by atomic mass is 32.2. The molecule has 2 heterocycles. The molecular formula is C17H12N2O5S2. The Bertz CT molecular complexity index is 904. The van der Waals surface area contributed by atoms with Crippen molar-refractivity contribution in [3.05, 3.63) is 58.9 Å². The number of carbonyl (C=O) groups is 3. The standard InChI is InChI=1S/C17H12N2O5S2/c20-14(18-11-5-3-10(4-6-11)16(22)23)9-19-15(21)13(26-17(19)25)8-12-2-1-7-24-12/h1-8H,9H2,(H,18,20)(H,22,23). The number of carbonyl (C=O) groups excluding carboxylic acids is 2. The first kappa shape index (κ1) is 17.9. The van der Waals surface area contributed by atoms with Crippen LogP contribution in [0.2, 0.25) is 0 Å². The third-order valence-corrected chi connectivity index (χ3v) is 4.79. The van der Waals surface area contributed by atoms with Gasteiger partial charge in [-0.25, -0.2) is 4.79 Å². The van der Waals surface area contributed by atoms with Crippen LogP contribution in [0.15, 0.2) is 52.0 Å². The van der Waals surface area contributed by atoms with E-state index < -0.39 is 11.9 Å². The van der Waals surface area contributed by atoms with E-state index >= 15 is 0 Å². The third-order valence-electron chi connectivity index (χ3n) is 3.41. The van der Waals surface area contributed by atoms with Crippen molar-refractivity contribution in [1.29, 1.82) is 0 Å². The zero-order valence-corrected chi connectivity index (χ0v) is 14.8. The molecule has 1 aromatic heterocycles. The Hall–Kier alpha value is -2.91. The molecule has 0 bridgehead atoms.